The molecule has 3 aliphatic rings. The van der Waals surface area contributed by atoms with Crippen molar-refractivity contribution >= 4 is 23.2 Å². The number of ether oxygens (including phenoxy) is 1. The van der Waals surface area contributed by atoms with Crippen molar-refractivity contribution in [3.8, 4) is 0 Å². The summed E-state index contributed by atoms with van der Waals surface area (Å²) in [6, 6.07) is 15.2. The summed E-state index contributed by atoms with van der Waals surface area (Å²) in [4.78, 5) is 30.2. The molecule has 4 atom stereocenters. The van der Waals surface area contributed by atoms with Gasteiger partial charge < -0.3 is 20.3 Å². The number of hydrogen-bond acceptors (Lipinski definition) is 4. The van der Waals surface area contributed by atoms with Crippen LogP contribution in [-0.4, -0.2) is 42.0 Å². The maximum absolute atomic E-state index is 15.3. The highest BCUT2D eigenvalue weighted by Gasteiger charge is 2.50. The maximum Gasteiger partial charge on any atom is 0.416 e. The molecule has 46 heavy (non-hydrogen) atoms. The van der Waals surface area contributed by atoms with E-state index in [2.05, 4.69) is 10.6 Å². The first-order valence-corrected chi connectivity index (χ1v) is 16.0. The molecule has 0 aromatic heterocycles. The molecule has 2 N–H and O–H groups in total. The third-order valence-electron chi connectivity index (χ3n) is 9.88. The summed E-state index contributed by atoms with van der Waals surface area (Å²) in [5.41, 5.74) is 1.36. The van der Waals surface area contributed by atoms with Crippen LogP contribution in [0.15, 0.2) is 60.7 Å². The van der Waals surface area contributed by atoms with Gasteiger partial charge in [-0.15, -0.1) is 0 Å². The Morgan fingerprint density at radius 2 is 1.61 bits per heavy atom. The number of rotatable bonds is 6. The fourth-order valence-electron chi connectivity index (χ4n) is 7.56. The Bertz CT molecular complexity index is 1570. The van der Waals surface area contributed by atoms with Gasteiger partial charge in [-0.25, -0.2) is 4.39 Å². The standard InChI is InChI=1S/C36H39F4N3O3/c1-21-9-12-27(20-29(21)36(38,39)40)42-34(44)28-19-24-6-4-8-31(24)43(35(45)32-22(2)5-3-7-30(32)37)33(28)23-10-13-25(14-11-23)41-26-15-17-46-18-16-26/h3,5,7,9-14,20,24,26,28,31,33,41H,4,6,8,15-19H2,1-2H3,(H,42,44)/t24-,28?,31?,33+/m1/s1. The van der Waals surface area contributed by atoms with Crippen molar-refractivity contribution in [1.82, 2.24) is 4.90 Å². The molecular weight excluding hydrogens is 598 g/mol. The number of nitrogens with one attached hydrogen (secondary N) is 2. The summed E-state index contributed by atoms with van der Waals surface area (Å²) in [6.07, 6.45) is 0.0437. The Labute approximate surface area is 266 Å². The first-order chi connectivity index (χ1) is 22.0. The number of alkyl halides is 3. The van der Waals surface area contributed by atoms with Crippen LogP contribution >= 0.6 is 0 Å². The highest BCUT2D eigenvalue weighted by atomic mass is 19.4. The molecule has 2 amide bonds. The summed E-state index contributed by atoms with van der Waals surface area (Å²) >= 11 is 0. The van der Waals surface area contributed by atoms with E-state index in [9.17, 15) is 22.8 Å². The number of carbonyl (C=O) groups is 2. The lowest BCUT2D eigenvalue weighted by molar-refractivity contribution is -0.138. The highest BCUT2D eigenvalue weighted by Crippen LogP contribution is 2.49. The lowest BCUT2D eigenvalue weighted by Gasteiger charge is -2.48. The summed E-state index contributed by atoms with van der Waals surface area (Å²) in [6.45, 7) is 4.45. The van der Waals surface area contributed by atoms with Gasteiger partial charge in [-0.2, -0.15) is 13.2 Å². The number of fused-ring (bicyclic) bond motifs is 1. The minimum absolute atomic E-state index is 0.00115. The number of hydrogen-bond donors (Lipinski definition) is 2. The number of piperidine rings is 1. The molecule has 2 unspecified atom stereocenters. The third-order valence-corrected chi connectivity index (χ3v) is 9.88. The topological polar surface area (TPSA) is 70.7 Å². The number of amides is 2. The molecular formula is C36H39F4N3O3. The number of benzene rings is 3. The lowest BCUT2D eigenvalue weighted by atomic mass is 9.76. The van der Waals surface area contributed by atoms with Crippen LogP contribution in [-0.2, 0) is 15.7 Å². The Balaban J connectivity index is 1.38. The Morgan fingerprint density at radius 1 is 0.891 bits per heavy atom. The molecule has 0 bridgehead atoms. The average molecular weight is 638 g/mol. The second-order valence-electron chi connectivity index (χ2n) is 12.9. The molecule has 6 rings (SSSR count). The van der Waals surface area contributed by atoms with Gasteiger partial charge in [0.1, 0.15) is 5.82 Å². The van der Waals surface area contributed by atoms with Gasteiger partial charge in [0.05, 0.1) is 23.1 Å². The average Bonchev–Trinajstić information content (AvgIpc) is 3.50. The molecule has 3 fully saturated rings. The zero-order valence-corrected chi connectivity index (χ0v) is 26.0. The van der Waals surface area contributed by atoms with Crippen LogP contribution in [0.3, 0.4) is 0 Å². The van der Waals surface area contributed by atoms with E-state index in [0.29, 0.717) is 30.8 Å². The van der Waals surface area contributed by atoms with Gasteiger partial charge in [0, 0.05) is 36.7 Å². The van der Waals surface area contributed by atoms with E-state index >= 15 is 4.39 Å². The van der Waals surface area contributed by atoms with Crippen LogP contribution in [0, 0.1) is 31.5 Å². The molecule has 2 saturated heterocycles. The number of likely N-dealkylation sites (tertiary alicyclic amines) is 1. The first kappa shape index (κ1) is 32.0. The predicted octanol–water partition coefficient (Wildman–Crippen LogP) is 8.06. The molecule has 0 spiro atoms. The van der Waals surface area contributed by atoms with Gasteiger partial charge in [-0.3, -0.25) is 9.59 Å². The predicted molar refractivity (Wildman–Crippen MR) is 168 cm³/mol. The van der Waals surface area contributed by atoms with E-state index < -0.39 is 41.3 Å². The van der Waals surface area contributed by atoms with Gasteiger partial charge in [0.25, 0.3) is 5.91 Å². The quantitative estimate of drug-likeness (QED) is 0.268. The van der Waals surface area contributed by atoms with Crippen LogP contribution in [0.5, 0.6) is 0 Å². The third kappa shape index (κ3) is 6.49. The minimum atomic E-state index is -4.57. The van der Waals surface area contributed by atoms with Gasteiger partial charge in [-0.1, -0.05) is 36.8 Å². The number of aryl methyl sites for hydroxylation is 2. The van der Waals surface area contributed by atoms with Crippen molar-refractivity contribution in [3.05, 3.63) is 94.3 Å². The molecule has 2 heterocycles. The van der Waals surface area contributed by atoms with Crippen LogP contribution in [0.1, 0.15) is 77.2 Å². The maximum atomic E-state index is 15.3. The zero-order chi connectivity index (χ0) is 32.6. The van der Waals surface area contributed by atoms with Crippen molar-refractivity contribution in [1.29, 1.82) is 0 Å². The van der Waals surface area contributed by atoms with Crippen LogP contribution < -0.4 is 10.6 Å². The molecule has 0 radical (unpaired) electrons. The van der Waals surface area contributed by atoms with E-state index in [1.54, 1.807) is 24.0 Å². The van der Waals surface area contributed by atoms with Crippen LogP contribution in [0.4, 0.5) is 28.9 Å². The molecule has 10 heteroatoms. The van der Waals surface area contributed by atoms with E-state index in [-0.39, 0.29) is 34.8 Å². The fourth-order valence-corrected chi connectivity index (χ4v) is 7.56. The Morgan fingerprint density at radius 3 is 2.30 bits per heavy atom. The van der Waals surface area contributed by atoms with Crippen molar-refractivity contribution in [2.45, 2.75) is 76.7 Å². The first-order valence-electron chi connectivity index (χ1n) is 16.0. The van der Waals surface area contributed by atoms with Gasteiger partial charge in [0.15, 0.2) is 0 Å². The monoisotopic (exact) mass is 637 g/mol. The number of carbonyl (C=O) groups excluding carboxylic acids is 2. The summed E-state index contributed by atoms with van der Waals surface area (Å²) in [7, 11) is 0. The zero-order valence-electron chi connectivity index (χ0n) is 26.0. The molecule has 3 aromatic rings. The second-order valence-corrected chi connectivity index (χ2v) is 12.9. The highest BCUT2D eigenvalue weighted by molar-refractivity contribution is 5.98. The van der Waals surface area contributed by atoms with Crippen molar-refractivity contribution < 1.29 is 31.9 Å². The molecule has 3 aromatic carbocycles. The lowest BCUT2D eigenvalue weighted by Crippen LogP contribution is -2.54. The van der Waals surface area contributed by atoms with Crippen molar-refractivity contribution in [2.24, 2.45) is 11.8 Å². The minimum Gasteiger partial charge on any atom is -0.382 e. The van der Waals surface area contributed by atoms with E-state index in [4.69, 9.17) is 4.74 Å². The Kier molecular flexibility index (Phi) is 9.10. The van der Waals surface area contributed by atoms with Crippen molar-refractivity contribution in [3.63, 3.8) is 0 Å². The summed E-state index contributed by atoms with van der Waals surface area (Å²) in [5, 5.41) is 6.27. The van der Waals surface area contributed by atoms with Crippen LogP contribution in [0.25, 0.3) is 0 Å². The van der Waals surface area contributed by atoms with Gasteiger partial charge >= 0.3 is 6.18 Å². The fraction of sp³-hybridized carbons (Fsp3) is 0.444. The normalized spacial score (nSPS) is 23.6. The Hall–Kier alpha value is -3.92. The molecule has 244 valence electrons. The van der Waals surface area contributed by atoms with E-state index in [1.807, 2.05) is 24.3 Å². The number of anilines is 2. The molecule has 2 aliphatic heterocycles. The molecule has 1 saturated carbocycles. The van der Waals surface area contributed by atoms with Gasteiger partial charge in [-0.05, 0) is 98.9 Å². The second kappa shape index (κ2) is 13.1. The summed E-state index contributed by atoms with van der Waals surface area (Å²) in [5.74, 6) is -2.35. The summed E-state index contributed by atoms with van der Waals surface area (Å²) < 4.78 is 61.8. The number of nitrogens with zero attached hydrogens (tertiary/aromatic N) is 1. The molecule has 6 nitrogen and oxygen atoms in total. The van der Waals surface area contributed by atoms with Crippen molar-refractivity contribution in [2.75, 3.05) is 23.8 Å². The van der Waals surface area contributed by atoms with E-state index in [1.165, 1.54) is 25.1 Å². The number of halogens is 4. The molecule has 1 aliphatic carbocycles. The van der Waals surface area contributed by atoms with Gasteiger partial charge in [0.2, 0.25) is 5.91 Å². The van der Waals surface area contributed by atoms with Crippen LogP contribution in [0.2, 0.25) is 0 Å². The van der Waals surface area contributed by atoms with E-state index in [0.717, 1.165) is 43.9 Å². The SMILES string of the molecule is Cc1ccc(NC(=O)C2C[C@H]3CCCC3N(C(=O)c3c(C)cccc3F)[C@H]2c2ccc(NC3CCOCC3)cc2)cc1C(F)(F)F. The largest absolute Gasteiger partial charge is 0.416 e. The smallest absolute Gasteiger partial charge is 0.382 e.